The Morgan fingerprint density at radius 1 is 0.925 bits per heavy atom. The lowest BCUT2D eigenvalue weighted by Crippen LogP contribution is -2.38. The number of benzene rings is 2. The maximum absolute atomic E-state index is 13.1. The number of unbranched alkanes of at least 4 members (excludes halogenated alkanes) is 4. The lowest BCUT2D eigenvalue weighted by Gasteiger charge is -2.42. The van der Waals surface area contributed by atoms with Crippen molar-refractivity contribution in [1.82, 2.24) is 0 Å². The fourth-order valence-corrected chi connectivity index (χ4v) is 5.77. The van der Waals surface area contributed by atoms with Crippen LogP contribution in [0.1, 0.15) is 81.3 Å². The van der Waals surface area contributed by atoms with E-state index < -0.39 is 41.6 Å². The van der Waals surface area contributed by atoms with Gasteiger partial charge in [-0.05, 0) is 55.0 Å². The van der Waals surface area contributed by atoms with Gasteiger partial charge in [0, 0.05) is 18.4 Å². The monoisotopic (exact) mass is 590 g/mol. The number of aliphatic carboxylic acids is 1. The van der Waals surface area contributed by atoms with Crippen LogP contribution >= 0.6 is 12.6 Å². The maximum Gasteiger partial charge on any atom is 0.453 e. The predicted molar refractivity (Wildman–Crippen MR) is 143 cm³/mol. The Kier molecular flexibility index (Phi) is 10.6. The van der Waals surface area contributed by atoms with E-state index in [9.17, 15) is 42.1 Å². The molecule has 1 aliphatic rings. The average molecular weight is 591 g/mol. The predicted octanol–water partition coefficient (Wildman–Crippen LogP) is 8.20. The van der Waals surface area contributed by atoms with E-state index in [-0.39, 0.29) is 36.9 Å². The summed E-state index contributed by atoms with van der Waals surface area (Å²) in [5.74, 6) is -6.15. The highest BCUT2D eigenvalue weighted by Crippen LogP contribution is 2.52. The number of ether oxygens (including phenoxy) is 1. The molecule has 40 heavy (non-hydrogen) atoms. The number of aromatic hydroxyl groups is 2. The molecule has 0 saturated carbocycles. The van der Waals surface area contributed by atoms with Crippen molar-refractivity contribution in [3.8, 4) is 17.2 Å². The average Bonchev–Trinajstić information content (AvgIpc) is 2.87. The van der Waals surface area contributed by atoms with Crippen LogP contribution in [0.3, 0.4) is 0 Å². The van der Waals surface area contributed by atoms with Crippen LogP contribution in [-0.4, -0.2) is 40.0 Å². The molecule has 1 heterocycles. The fourth-order valence-electron chi connectivity index (χ4n) is 5.28. The molecule has 0 saturated heterocycles. The van der Waals surface area contributed by atoms with E-state index in [1.54, 1.807) is 24.3 Å². The number of alkyl halides is 5. The molecule has 3 N–H and O–H groups in total. The molecule has 2 aromatic rings. The van der Waals surface area contributed by atoms with Gasteiger partial charge < -0.3 is 20.1 Å². The van der Waals surface area contributed by atoms with E-state index in [4.69, 9.17) is 17.4 Å². The summed E-state index contributed by atoms with van der Waals surface area (Å²) in [6.07, 6.45) is -3.05. The Balaban J connectivity index is 1.50. The van der Waals surface area contributed by atoms with Crippen molar-refractivity contribution in [2.24, 2.45) is 5.92 Å². The van der Waals surface area contributed by atoms with Gasteiger partial charge in [-0.2, -0.15) is 34.6 Å². The van der Waals surface area contributed by atoms with Gasteiger partial charge in [0.05, 0.1) is 10.7 Å². The molecule has 0 amide bonds. The van der Waals surface area contributed by atoms with E-state index in [0.29, 0.717) is 18.6 Å². The Bertz CT molecular complexity index is 1120. The van der Waals surface area contributed by atoms with Gasteiger partial charge in [-0.25, -0.2) is 0 Å². The largest absolute Gasteiger partial charge is 0.508 e. The topological polar surface area (TPSA) is 87.0 Å². The molecule has 0 spiro atoms. The molecule has 0 bridgehead atoms. The number of carboxylic acids is 1. The molecule has 3 atom stereocenters. The first-order valence-electron chi connectivity index (χ1n) is 13.4. The number of rotatable bonds is 14. The van der Waals surface area contributed by atoms with Crippen LogP contribution in [0.15, 0.2) is 42.5 Å². The van der Waals surface area contributed by atoms with E-state index in [0.717, 1.165) is 36.8 Å². The Hall–Kier alpha value is -2.69. The molecule has 0 fully saturated rings. The van der Waals surface area contributed by atoms with Crippen LogP contribution in [0.2, 0.25) is 0 Å². The Morgan fingerprint density at radius 2 is 1.52 bits per heavy atom. The number of thiol groups is 1. The highest BCUT2D eigenvalue weighted by molar-refractivity contribution is 7.81. The van der Waals surface area contributed by atoms with Gasteiger partial charge >= 0.3 is 18.1 Å². The molecular weight excluding hydrogens is 555 g/mol. The number of phenols is 2. The van der Waals surface area contributed by atoms with Gasteiger partial charge in [0.1, 0.15) is 23.9 Å². The first kappa shape index (κ1) is 31.8. The number of carboxylic acid groups (broad SMARTS) is 1. The molecule has 222 valence electrons. The fraction of sp³-hybridized carbons (Fsp3) is 0.552. The third-order valence-corrected chi connectivity index (χ3v) is 8.32. The van der Waals surface area contributed by atoms with E-state index in [1.807, 2.05) is 18.2 Å². The summed E-state index contributed by atoms with van der Waals surface area (Å²) in [6, 6.07) is 11.8. The molecule has 1 aliphatic heterocycles. The van der Waals surface area contributed by atoms with Crippen LogP contribution in [0.25, 0.3) is 0 Å². The lowest BCUT2D eigenvalue weighted by molar-refractivity contribution is -0.284. The van der Waals surface area contributed by atoms with Crippen LogP contribution in [-0.2, 0) is 9.54 Å². The third kappa shape index (κ3) is 7.95. The number of halogens is 5. The molecule has 11 heteroatoms. The number of fused-ring (bicyclic) bond motifs is 1. The first-order chi connectivity index (χ1) is 18.7. The van der Waals surface area contributed by atoms with Crippen LogP contribution in [0.4, 0.5) is 22.0 Å². The standard InChI is InChI=1S/C29H35F5O5S/c30-28(31,29(32,33)34)16-6-8-19(26(37)38)7-4-2-1-3-5-9-24-23-15-14-22(36)17-25(23)39-18-27(24,40)20-10-12-21(35)13-11-20/h10-15,17,19,24,35-36,40H,1-9,16,18H2,(H,37,38). The normalized spacial score (nSPS) is 20.0. The number of hydrogen-bond acceptors (Lipinski definition) is 5. The minimum atomic E-state index is -5.63. The Morgan fingerprint density at radius 3 is 2.17 bits per heavy atom. The van der Waals surface area contributed by atoms with E-state index in [1.165, 1.54) is 0 Å². The van der Waals surface area contributed by atoms with Crippen molar-refractivity contribution in [3.05, 3.63) is 53.6 Å². The van der Waals surface area contributed by atoms with Gasteiger partial charge in [0.15, 0.2) is 0 Å². The van der Waals surface area contributed by atoms with Gasteiger partial charge in [-0.3, -0.25) is 4.79 Å². The number of hydrogen-bond donors (Lipinski definition) is 4. The van der Waals surface area contributed by atoms with Crippen molar-refractivity contribution < 1.29 is 46.8 Å². The highest BCUT2D eigenvalue weighted by atomic mass is 32.1. The summed E-state index contributed by atoms with van der Waals surface area (Å²) in [7, 11) is 0. The van der Waals surface area contributed by atoms with Gasteiger partial charge in [0.2, 0.25) is 0 Å². The van der Waals surface area contributed by atoms with Crippen LogP contribution in [0, 0.1) is 5.92 Å². The third-order valence-electron chi connectivity index (χ3n) is 7.62. The van der Waals surface area contributed by atoms with E-state index in [2.05, 4.69) is 0 Å². The molecule has 2 aromatic carbocycles. The van der Waals surface area contributed by atoms with Crippen molar-refractivity contribution >= 4 is 18.6 Å². The van der Waals surface area contributed by atoms with Gasteiger partial charge in [-0.15, -0.1) is 0 Å². The van der Waals surface area contributed by atoms with Gasteiger partial charge in [0.25, 0.3) is 0 Å². The zero-order valence-electron chi connectivity index (χ0n) is 22.0. The zero-order chi connectivity index (χ0) is 29.6. The maximum atomic E-state index is 13.1. The van der Waals surface area contributed by atoms with E-state index >= 15 is 0 Å². The molecule has 0 aromatic heterocycles. The quantitative estimate of drug-likeness (QED) is 0.101. The summed E-state index contributed by atoms with van der Waals surface area (Å²) in [6.45, 7) is 0.271. The SMILES string of the molecule is O=C(O)C(CCCCCCCC1c2ccc(O)cc2OCC1(S)c1ccc(O)cc1)CCCC(F)(F)C(F)(F)F. The van der Waals surface area contributed by atoms with Crippen molar-refractivity contribution in [1.29, 1.82) is 0 Å². The van der Waals surface area contributed by atoms with Crippen molar-refractivity contribution in [3.63, 3.8) is 0 Å². The zero-order valence-corrected chi connectivity index (χ0v) is 22.9. The second-order valence-electron chi connectivity index (χ2n) is 10.5. The molecule has 0 aliphatic carbocycles. The first-order valence-corrected chi connectivity index (χ1v) is 13.8. The number of carbonyl (C=O) groups is 1. The van der Waals surface area contributed by atoms with Crippen molar-refractivity contribution in [2.75, 3.05) is 6.61 Å². The second kappa shape index (κ2) is 13.3. The van der Waals surface area contributed by atoms with Crippen LogP contribution < -0.4 is 4.74 Å². The summed E-state index contributed by atoms with van der Waals surface area (Å²) in [5, 5.41) is 29.0. The number of phenolic OH excluding ortho intramolecular Hbond substituents is 2. The second-order valence-corrected chi connectivity index (χ2v) is 11.3. The lowest BCUT2D eigenvalue weighted by atomic mass is 9.76. The summed E-state index contributed by atoms with van der Waals surface area (Å²) in [4.78, 5) is 11.5. The molecule has 3 rings (SSSR count). The minimum absolute atomic E-state index is 0.0454. The van der Waals surface area contributed by atoms with Crippen LogP contribution in [0.5, 0.6) is 17.2 Å². The smallest absolute Gasteiger partial charge is 0.453 e. The molecule has 5 nitrogen and oxygen atoms in total. The summed E-state index contributed by atoms with van der Waals surface area (Å²) in [5.41, 5.74) is 1.82. The van der Waals surface area contributed by atoms with Gasteiger partial charge in [-0.1, -0.05) is 50.3 Å². The summed E-state index contributed by atoms with van der Waals surface area (Å²) >= 11 is 5.05. The Labute approximate surface area is 235 Å². The van der Waals surface area contributed by atoms with Crippen molar-refractivity contribution in [2.45, 2.75) is 87.0 Å². The highest BCUT2D eigenvalue weighted by Gasteiger charge is 2.56. The minimum Gasteiger partial charge on any atom is -0.508 e. The molecule has 0 radical (unpaired) electrons. The summed E-state index contributed by atoms with van der Waals surface area (Å²) < 4.78 is 68.4. The molecule has 3 unspecified atom stereocenters. The molecular formula is C29H35F5O5S.